The van der Waals surface area contributed by atoms with Gasteiger partial charge in [-0.2, -0.15) is 0 Å². The van der Waals surface area contributed by atoms with Crippen molar-refractivity contribution in [3.63, 3.8) is 0 Å². The molecule has 0 saturated carbocycles. The Morgan fingerprint density at radius 2 is 2.17 bits per heavy atom. The molecule has 0 aliphatic carbocycles. The third-order valence-corrected chi connectivity index (χ3v) is 4.52. The van der Waals surface area contributed by atoms with Gasteiger partial charge in [-0.15, -0.1) is 0 Å². The van der Waals surface area contributed by atoms with E-state index in [0.29, 0.717) is 13.2 Å². The van der Waals surface area contributed by atoms with E-state index < -0.39 is 5.79 Å². The van der Waals surface area contributed by atoms with E-state index in [0.717, 1.165) is 15.9 Å². The summed E-state index contributed by atoms with van der Waals surface area (Å²) < 4.78 is 18.0. The summed E-state index contributed by atoms with van der Waals surface area (Å²) in [4.78, 5) is 14.0. The highest BCUT2D eigenvalue weighted by molar-refractivity contribution is 9.10. The maximum absolute atomic E-state index is 12.0. The van der Waals surface area contributed by atoms with Crippen molar-refractivity contribution in [3.8, 4) is 0 Å². The summed E-state index contributed by atoms with van der Waals surface area (Å²) in [5, 5.41) is 0. The molecule has 0 unspecified atom stereocenters. The van der Waals surface area contributed by atoms with Crippen LogP contribution in [0, 0.1) is 0 Å². The lowest BCUT2D eigenvalue weighted by Gasteiger charge is -2.26. The van der Waals surface area contributed by atoms with Gasteiger partial charge < -0.3 is 19.1 Å². The van der Waals surface area contributed by atoms with Gasteiger partial charge in [-0.25, -0.2) is 4.79 Å². The molecule has 2 aliphatic rings. The fourth-order valence-electron chi connectivity index (χ4n) is 3.03. The number of carbonyl (C=O) groups is 1. The van der Waals surface area contributed by atoms with Crippen LogP contribution in [0.25, 0.3) is 0 Å². The first kappa shape index (κ1) is 16.5. The Balaban J connectivity index is 1.97. The lowest BCUT2D eigenvalue weighted by atomic mass is 10.2. The Morgan fingerprint density at radius 1 is 1.43 bits per heavy atom. The van der Waals surface area contributed by atoms with Crippen LogP contribution in [0.3, 0.4) is 0 Å². The summed E-state index contributed by atoms with van der Waals surface area (Å²) >= 11 is 3.57. The summed E-state index contributed by atoms with van der Waals surface area (Å²) in [7, 11) is 0. The first-order valence-electron chi connectivity index (χ1n) is 7.67. The van der Waals surface area contributed by atoms with Crippen molar-refractivity contribution >= 4 is 27.6 Å². The number of benzene rings is 1. The lowest BCUT2D eigenvalue weighted by molar-refractivity contribution is -0.146. The molecule has 2 fully saturated rings. The van der Waals surface area contributed by atoms with Crippen LogP contribution >= 0.6 is 15.9 Å². The molecule has 0 bridgehead atoms. The smallest absolute Gasteiger partial charge is 0.332 e. The van der Waals surface area contributed by atoms with Gasteiger partial charge in [-0.3, -0.25) is 0 Å². The highest BCUT2D eigenvalue weighted by Gasteiger charge is 2.50. The Morgan fingerprint density at radius 3 is 2.87 bits per heavy atom. The molecule has 2 saturated heterocycles. The minimum absolute atomic E-state index is 0.113. The van der Waals surface area contributed by atoms with Gasteiger partial charge in [0.1, 0.15) is 12.2 Å². The first-order valence-corrected chi connectivity index (χ1v) is 8.46. The van der Waals surface area contributed by atoms with Crippen LogP contribution in [0.2, 0.25) is 0 Å². The standard InChI is InChI=1S/C17H20BrNO4/c1-4-21-15(20)9-13-16-14(22-17(2,3)23-16)10-19(13)12-8-6-5-7-11(12)18/h5-9,14,16H,4,10H2,1-3H3/b13-9+/t14-,16+/m1/s1. The minimum atomic E-state index is -0.650. The number of para-hydroxylation sites is 1. The predicted molar refractivity (Wildman–Crippen MR) is 90.0 cm³/mol. The molecular weight excluding hydrogens is 362 g/mol. The molecule has 2 aliphatic heterocycles. The third kappa shape index (κ3) is 3.29. The van der Waals surface area contributed by atoms with Gasteiger partial charge in [-0.05, 0) is 48.8 Å². The Hall–Kier alpha value is -1.37. The second-order valence-corrected chi connectivity index (χ2v) is 6.83. The maximum Gasteiger partial charge on any atom is 0.332 e. The molecule has 124 valence electrons. The predicted octanol–water partition coefficient (Wildman–Crippen LogP) is 3.24. The van der Waals surface area contributed by atoms with E-state index in [1.165, 1.54) is 6.08 Å². The number of fused-ring (bicyclic) bond motifs is 1. The van der Waals surface area contributed by atoms with Crippen LogP contribution < -0.4 is 4.90 Å². The highest BCUT2D eigenvalue weighted by atomic mass is 79.9. The molecule has 6 heteroatoms. The molecule has 23 heavy (non-hydrogen) atoms. The number of carbonyl (C=O) groups excluding carboxylic acids is 1. The van der Waals surface area contributed by atoms with Gasteiger partial charge in [0.25, 0.3) is 0 Å². The molecule has 1 aromatic carbocycles. The summed E-state index contributed by atoms with van der Waals surface area (Å²) in [6.07, 6.45) is 1.12. The van der Waals surface area contributed by atoms with Gasteiger partial charge in [0.05, 0.1) is 24.5 Å². The molecule has 0 N–H and O–H groups in total. The number of anilines is 1. The number of halogens is 1. The molecule has 0 radical (unpaired) electrons. The zero-order valence-corrected chi connectivity index (χ0v) is 15.0. The van der Waals surface area contributed by atoms with E-state index in [2.05, 4.69) is 15.9 Å². The van der Waals surface area contributed by atoms with Crippen molar-refractivity contribution < 1.29 is 19.0 Å². The van der Waals surface area contributed by atoms with Crippen LogP contribution in [0.4, 0.5) is 5.69 Å². The van der Waals surface area contributed by atoms with E-state index in [1.807, 2.05) is 43.0 Å². The van der Waals surface area contributed by atoms with Gasteiger partial charge in [0.15, 0.2) is 5.79 Å². The van der Waals surface area contributed by atoms with E-state index in [1.54, 1.807) is 6.92 Å². The van der Waals surface area contributed by atoms with Crippen molar-refractivity contribution in [2.75, 3.05) is 18.1 Å². The summed E-state index contributed by atoms with van der Waals surface area (Å²) in [5.41, 5.74) is 1.74. The lowest BCUT2D eigenvalue weighted by Crippen LogP contribution is -2.29. The summed E-state index contributed by atoms with van der Waals surface area (Å²) in [6, 6.07) is 7.88. The third-order valence-electron chi connectivity index (χ3n) is 3.84. The fourth-order valence-corrected chi connectivity index (χ4v) is 3.53. The Bertz CT molecular complexity index is 643. The Labute approximate surface area is 144 Å². The molecule has 2 atom stereocenters. The number of ether oxygens (including phenoxy) is 3. The average molecular weight is 382 g/mol. The number of esters is 1. The molecule has 1 aromatic rings. The van der Waals surface area contributed by atoms with Crippen LogP contribution in [-0.2, 0) is 19.0 Å². The van der Waals surface area contributed by atoms with Crippen molar-refractivity contribution in [1.82, 2.24) is 0 Å². The largest absolute Gasteiger partial charge is 0.463 e. The second-order valence-electron chi connectivity index (χ2n) is 5.98. The Kier molecular flexibility index (Phi) is 4.49. The monoisotopic (exact) mass is 381 g/mol. The zero-order valence-electron chi connectivity index (χ0n) is 13.4. The maximum atomic E-state index is 12.0. The van der Waals surface area contributed by atoms with Crippen molar-refractivity contribution in [1.29, 1.82) is 0 Å². The van der Waals surface area contributed by atoms with Crippen LogP contribution in [-0.4, -0.2) is 37.1 Å². The fraction of sp³-hybridized carbons (Fsp3) is 0.471. The average Bonchev–Trinajstić information content (AvgIpc) is 2.93. The topological polar surface area (TPSA) is 48.0 Å². The van der Waals surface area contributed by atoms with Gasteiger partial charge in [0.2, 0.25) is 0 Å². The van der Waals surface area contributed by atoms with Crippen molar-refractivity contribution in [3.05, 3.63) is 40.5 Å². The van der Waals surface area contributed by atoms with E-state index in [-0.39, 0.29) is 18.2 Å². The SMILES string of the molecule is CCOC(=O)/C=C1\[C@@H]2OC(C)(C)O[C@@H]2CN1c1ccccc1Br. The van der Waals surface area contributed by atoms with Crippen LogP contribution in [0.15, 0.2) is 40.5 Å². The molecule has 3 rings (SSSR count). The van der Waals surface area contributed by atoms with E-state index >= 15 is 0 Å². The van der Waals surface area contributed by atoms with Crippen LogP contribution in [0.1, 0.15) is 20.8 Å². The number of hydrogen-bond acceptors (Lipinski definition) is 5. The number of hydrogen-bond donors (Lipinski definition) is 0. The molecular formula is C17H20BrNO4. The van der Waals surface area contributed by atoms with Gasteiger partial charge in [-0.1, -0.05) is 12.1 Å². The first-order chi connectivity index (χ1) is 10.9. The number of rotatable bonds is 3. The zero-order chi connectivity index (χ0) is 16.6. The van der Waals surface area contributed by atoms with Crippen molar-refractivity contribution in [2.24, 2.45) is 0 Å². The normalized spacial score (nSPS) is 27.3. The minimum Gasteiger partial charge on any atom is -0.463 e. The highest BCUT2D eigenvalue weighted by Crippen LogP contribution is 2.42. The molecule has 0 aromatic heterocycles. The van der Waals surface area contributed by atoms with E-state index in [9.17, 15) is 4.79 Å². The summed E-state index contributed by atoms with van der Waals surface area (Å²) in [5.74, 6) is -1.02. The van der Waals surface area contributed by atoms with Crippen molar-refractivity contribution in [2.45, 2.75) is 38.8 Å². The molecule has 5 nitrogen and oxygen atoms in total. The molecule has 0 spiro atoms. The molecule has 0 amide bonds. The van der Waals surface area contributed by atoms with E-state index in [4.69, 9.17) is 14.2 Å². The molecule has 2 heterocycles. The second kappa shape index (κ2) is 6.26. The summed E-state index contributed by atoms with van der Waals surface area (Å²) in [6.45, 7) is 6.53. The quantitative estimate of drug-likeness (QED) is 0.594. The number of nitrogens with zero attached hydrogens (tertiary/aromatic N) is 1. The van der Waals surface area contributed by atoms with Gasteiger partial charge >= 0.3 is 5.97 Å². The van der Waals surface area contributed by atoms with Crippen LogP contribution in [0.5, 0.6) is 0 Å². The van der Waals surface area contributed by atoms with Gasteiger partial charge in [0, 0.05) is 10.5 Å².